The zero-order valence-electron chi connectivity index (χ0n) is 13.5. The van der Waals surface area contributed by atoms with Crippen molar-refractivity contribution in [2.45, 2.75) is 26.3 Å². The standard InChI is InChI=1S/C16H16F2N4O2S/c1-2-13-20-21-16(25-13)22-8-10(5-14(22)23)15(24)19-7-9-3-4-11(17)6-12(9)18/h3-4,6,10H,2,5,7-8H2,1H3,(H,19,24). The zero-order valence-corrected chi connectivity index (χ0v) is 14.3. The van der Waals surface area contributed by atoms with E-state index in [9.17, 15) is 18.4 Å². The van der Waals surface area contributed by atoms with Crippen LogP contribution in [0.1, 0.15) is 23.9 Å². The van der Waals surface area contributed by atoms with E-state index in [1.807, 2.05) is 6.92 Å². The predicted molar refractivity (Wildman–Crippen MR) is 88.0 cm³/mol. The van der Waals surface area contributed by atoms with Crippen molar-refractivity contribution in [3.05, 3.63) is 40.4 Å². The first-order valence-electron chi connectivity index (χ1n) is 7.82. The van der Waals surface area contributed by atoms with Gasteiger partial charge >= 0.3 is 0 Å². The molecule has 25 heavy (non-hydrogen) atoms. The summed E-state index contributed by atoms with van der Waals surface area (Å²) in [6.45, 7) is 2.10. The Labute approximate surface area is 146 Å². The molecule has 0 spiro atoms. The highest BCUT2D eigenvalue weighted by molar-refractivity contribution is 7.15. The first-order chi connectivity index (χ1) is 12.0. The second-order valence-electron chi connectivity index (χ2n) is 5.69. The third-order valence-electron chi connectivity index (χ3n) is 3.95. The molecule has 1 aromatic heterocycles. The molecule has 1 N–H and O–H groups in total. The van der Waals surface area contributed by atoms with Crippen LogP contribution in [0.5, 0.6) is 0 Å². The van der Waals surface area contributed by atoms with E-state index in [0.29, 0.717) is 5.13 Å². The number of rotatable bonds is 5. The van der Waals surface area contributed by atoms with Crippen LogP contribution >= 0.6 is 11.3 Å². The summed E-state index contributed by atoms with van der Waals surface area (Å²) in [6, 6.07) is 3.18. The molecule has 2 aromatic rings. The quantitative estimate of drug-likeness (QED) is 0.879. The molecule has 1 aliphatic rings. The van der Waals surface area contributed by atoms with Crippen LogP contribution in [0.4, 0.5) is 13.9 Å². The highest BCUT2D eigenvalue weighted by atomic mass is 32.1. The smallest absolute Gasteiger partial charge is 0.229 e. The molecule has 0 aliphatic carbocycles. The van der Waals surface area contributed by atoms with Gasteiger partial charge in [0.1, 0.15) is 16.6 Å². The number of aromatic nitrogens is 2. The van der Waals surface area contributed by atoms with Gasteiger partial charge in [-0.05, 0) is 12.5 Å². The van der Waals surface area contributed by atoms with Gasteiger partial charge in [-0.2, -0.15) is 0 Å². The monoisotopic (exact) mass is 366 g/mol. The lowest BCUT2D eigenvalue weighted by molar-refractivity contribution is -0.126. The largest absolute Gasteiger partial charge is 0.352 e. The maximum atomic E-state index is 13.6. The molecule has 6 nitrogen and oxygen atoms in total. The summed E-state index contributed by atoms with van der Waals surface area (Å²) < 4.78 is 26.5. The number of nitrogens with zero attached hydrogens (tertiary/aromatic N) is 3. The van der Waals surface area contributed by atoms with E-state index in [1.54, 1.807) is 0 Å². The van der Waals surface area contributed by atoms with Crippen LogP contribution in [0, 0.1) is 17.6 Å². The minimum atomic E-state index is -0.717. The Morgan fingerprint density at radius 2 is 2.20 bits per heavy atom. The number of benzene rings is 1. The van der Waals surface area contributed by atoms with E-state index in [1.165, 1.54) is 22.3 Å². The molecule has 2 heterocycles. The van der Waals surface area contributed by atoms with E-state index >= 15 is 0 Å². The van der Waals surface area contributed by atoms with Gasteiger partial charge in [-0.3, -0.25) is 14.5 Å². The van der Waals surface area contributed by atoms with Gasteiger partial charge in [-0.25, -0.2) is 8.78 Å². The zero-order chi connectivity index (χ0) is 18.0. The molecule has 0 bridgehead atoms. The van der Waals surface area contributed by atoms with Gasteiger partial charge < -0.3 is 5.32 Å². The fraction of sp³-hybridized carbons (Fsp3) is 0.375. The van der Waals surface area contributed by atoms with Crippen molar-refractivity contribution in [1.82, 2.24) is 15.5 Å². The third kappa shape index (κ3) is 3.81. The number of hydrogen-bond donors (Lipinski definition) is 1. The maximum Gasteiger partial charge on any atom is 0.229 e. The lowest BCUT2D eigenvalue weighted by Crippen LogP contribution is -2.32. The van der Waals surface area contributed by atoms with Crippen LogP contribution in [0.25, 0.3) is 0 Å². The number of hydrogen-bond acceptors (Lipinski definition) is 5. The summed E-state index contributed by atoms with van der Waals surface area (Å²) in [5.41, 5.74) is 0.188. The van der Waals surface area contributed by atoms with Gasteiger partial charge in [0.15, 0.2) is 0 Å². The average Bonchev–Trinajstić information content (AvgIpc) is 3.20. The number of aryl methyl sites for hydroxylation is 1. The highest BCUT2D eigenvalue weighted by Gasteiger charge is 2.36. The maximum absolute atomic E-state index is 13.6. The fourth-order valence-electron chi connectivity index (χ4n) is 2.56. The Morgan fingerprint density at radius 1 is 1.40 bits per heavy atom. The predicted octanol–water partition coefficient (Wildman–Crippen LogP) is 2.05. The van der Waals surface area contributed by atoms with E-state index in [0.717, 1.165) is 23.6 Å². The van der Waals surface area contributed by atoms with E-state index < -0.39 is 17.6 Å². The second-order valence-corrected chi connectivity index (χ2v) is 6.73. The Kier molecular flexibility index (Phi) is 5.03. The molecule has 9 heteroatoms. The summed E-state index contributed by atoms with van der Waals surface area (Å²) in [6.07, 6.45) is 0.797. The van der Waals surface area contributed by atoms with Crippen LogP contribution in [0.15, 0.2) is 18.2 Å². The molecular weight excluding hydrogens is 350 g/mol. The Morgan fingerprint density at radius 3 is 2.88 bits per heavy atom. The molecule has 1 unspecified atom stereocenters. The molecule has 0 radical (unpaired) electrons. The summed E-state index contributed by atoms with van der Waals surface area (Å²) >= 11 is 1.33. The van der Waals surface area contributed by atoms with Crippen molar-refractivity contribution < 1.29 is 18.4 Å². The van der Waals surface area contributed by atoms with Gasteiger partial charge in [-0.15, -0.1) is 10.2 Å². The summed E-state index contributed by atoms with van der Waals surface area (Å²) in [5.74, 6) is -2.46. The average molecular weight is 366 g/mol. The number of amides is 2. The van der Waals surface area contributed by atoms with Crippen molar-refractivity contribution in [3.63, 3.8) is 0 Å². The Bertz CT molecular complexity index is 811. The van der Waals surface area contributed by atoms with Crippen molar-refractivity contribution >= 4 is 28.3 Å². The molecule has 1 fully saturated rings. The summed E-state index contributed by atoms with van der Waals surface area (Å²) in [5, 5.41) is 11.9. The third-order valence-corrected chi connectivity index (χ3v) is 5.04. The first-order valence-corrected chi connectivity index (χ1v) is 8.64. The Hall–Kier alpha value is -2.42. The second kappa shape index (κ2) is 7.22. The van der Waals surface area contributed by atoms with Crippen LogP contribution in [0.2, 0.25) is 0 Å². The SMILES string of the molecule is CCc1nnc(N2CC(C(=O)NCc3ccc(F)cc3F)CC2=O)s1. The number of nitrogens with one attached hydrogen (secondary N) is 1. The van der Waals surface area contributed by atoms with E-state index in [2.05, 4.69) is 15.5 Å². The molecule has 132 valence electrons. The van der Waals surface area contributed by atoms with Crippen molar-refractivity contribution in [3.8, 4) is 0 Å². The molecular formula is C16H16F2N4O2S. The molecule has 1 atom stereocenters. The molecule has 1 aliphatic heterocycles. The van der Waals surface area contributed by atoms with E-state index in [4.69, 9.17) is 0 Å². The normalized spacial score (nSPS) is 17.2. The molecule has 1 saturated heterocycles. The van der Waals surface area contributed by atoms with Crippen LogP contribution in [-0.2, 0) is 22.6 Å². The molecule has 2 amide bonds. The van der Waals surface area contributed by atoms with Crippen molar-refractivity contribution in [1.29, 1.82) is 0 Å². The van der Waals surface area contributed by atoms with Gasteiger partial charge in [0, 0.05) is 31.1 Å². The fourth-order valence-corrected chi connectivity index (χ4v) is 3.36. The number of carbonyl (C=O) groups excluding carboxylic acids is 2. The van der Waals surface area contributed by atoms with Crippen LogP contribution in [0.3, 0.4) is 0 Å². The van der Waals surface area contributed by atoms with E-state index in [-0.39, 0.29) is 36.9 Å². The summed E-state index contributed by atoms with van der Waals surface area (Å²) in [7, 11) is 0. The van der Waals surface area contributed by atoms with Crippen LogP contribution in [-0.4, -0.2) is 28.6 Å². The minimum Gasteiger partial charge on any atom is -0.352 e. The van der Waals surface area contributed by atoms with Gasteiger partial charge in [-0.1, -0.05) is 24.3 Å². The van der Waals surface area contributed by atoms with Gasteiger partial charge in [0.05, 0.1) is 5.92 Å². The van der Waals surface area contributed by atoms with Crippen molar-refractivity contribution in [2.24, 2.45) is 5.92 Å². The minimum absolute atomic E-state index is 0.0611. The first kappa shape index (κ1) is 17.4. The van der Waals surface area contributed by atoms with Crippen LogP contribution < -0.4 is 10.2 Å². The lowest BCUT2D eigenvalue weighted by Gasteiger charge is -2.13. The number of anilines is 1. The van der Waals surface area contributed by atoms with Gasteiger partial charge in [0.2, 0.25) is 16.9 Å². The summed E-state index contributed by atoms with van der Waals surface area (Å²) in [4.78, 5) is 25.9. The number of carbonyl (C=O) groups is 2. The Balaban J connectivity index is 1.60. The topological polar surface area (TPSA) is 75.2 Å². The van der Waals surface area contributed by atoms with Crippen molar-refractivity contribution in [2.75, 3.05) is 11.4 Å². The molecule has 1 aromatic carbocycles. The highest BCUT2D eigenvalue weighted by Crippen LogP contribution is 2.28. The number of halogens is 2. The molecule has 0 saturated carbocycles. The molecule has 3 rings (SSSR count). The lowest BCUT2D eigenvalue weighted by atomic mass is 10.1. The van der Waals surface area contributed by atoms with Gasteiger partial charge in [0.25, 0.3) is 0 Å².